The van der Waals surface area contributed by atoms with Gasteiger partial charge in [-0.25, -0.2) is 0 Å². The number of fused-ring (bicyclic) bond motifs is 1. The fraction of sp³-hybridized carbons (Fsp3) is 0.176. The molecule has 0 spiro atoms. The summed E-state index contributed by atoms with van der Waals surface area (Å²) in [6.07, 6.45) is 0.298. The Morgan fingerprint density at radius 2 is 1.95 bits per heavy atom. The fourth-order valence-corrected chi connectivity index (χ4v) is 2.60. The number of nitrogens with one attached hydrogen (secondary N) is 1. The number of benzene rings is 2. The van der Waals surface area contributed by atoms with Crippen molar-refractivity contribution in [2.75, 3.05) is 0 Å². The molecule has 2 aromatic rings. The van der Waals surface area contributed by atoms with Crippen molar-refractivity contribution < 1.29 is 9.59 Å². The third-order valence-electron chi connectivity index (χ3n) is 3.62. The lowest BCUT2D eigenvalue weighted by atomic mass is 9.97. The Bertz CT molecular complexity index is 691. The lowest BCUT2D eigenvalue weighted by Crippen LogP contribution is -2.21. The predicted molar refractivity (Wildman–Crippen MR) is 76.8 cm³/mol. The van der Waals surface area contributed by atoms with E-state index in [4.69, 9.17) is 0 Å². The topological polar surface area (TPSA) is 46.2 Å². The molecule has 0 fully saturated rings. The molecule has 1 heterocycles. The molecule has 100 valence electrons. The molecule has 3 heteroatoms. The summed E-state index contributed by atoms with van der Waals surface area (Å²) >= 11 is 0. The number of hydrogen-bond acceptors (Lipinski definition) is 2. The molecule has 1 aliphatic heterocycles. The highest BCUT2D eigenvalue weighted by molar-refractivity contribution is 6.01. The predicted octanol–water partition coefficient (Wildman–Crippen LogP) is 3.05. The fourth-order valence-electron chi connectivity index (χ4n) is 2.60. The highest BCUT2D eigenvalue weighted by Gasteiger charge is 2.29. The molecule has 20 heavy (non-hydrogen) atoms. The number of hydrogen-bond donors (Lipinski definition) is 1. The van der Waals surface area contributed by atoms with E-state index in [9.17, 15) is 9.59 Å². The first-order chi connectivity index (χ1) is 9.65. The van der Waals surface area contributed by atoms with E-state index in [-0.39, 0.29) is 17.7 Å². The summed E-state index contributed by atoms with van der Waals surface area (Å²) in [4.78, 5) is 24.1. The van der Waals surface area contributed by atoms with E-state index in [1.54, 1.807) is 6.07 Å². The molecule has 0 radical (unpaired) electrons. The van der Waals surface area contributed by atoms with Crippen molar-refractivity contribution in [3.63, 3.8) is 0 Å². The van der Waals surface area contributed by atoms with Crippen LogP contribution in [0.1, 0.15) is 44.3 Å². The highest BCUT2D eigenvalue weighted by atomic mass is 16.2. The van der Waals surface area contributed by atoms with E-state index in [1.807, 2.05) is 49.4 Å². The van der Waals surface area contributed by atoms with Gasteiger partial charge in [-0.05, 0) is 24.6 Å². The van der Waals surface area contributed by atoms with Crippen molar-refractivity contribution in [2.45, 2.75) is 19.4 Å². The van der Waals surface area contributed by atoms with Gasteiger partial charge < -0.3 is 5.32 Å². The van der Waals surface area contributed by atoms with Gasteiger partial charge in [0.1, 0.15) is 0 Å². The average Bonchev–Trinajstić information content (AvgIpc) is 2.76. The molecule has 1 N–H and O–H groups in total. The molecule has 1 aliphatic rings. The van der Waals surface area contributed by atoms with Crippen LogP contribution >= 0.6 is 0 Å². The normalized spacial score (nSPS) is 16.6. The number of carbonyl (C=O) groups excluding carboxylic acids is 2. The standard InChI is InChI=1S/C17H15NO2/c1-11-5-4-6-12(9-11)16(19)10-15-13-7-2-3-8-14(13)17(20)18-15/h2-9,15H,10H2,1H3,(H,18,20)/t15-/m0/s1. The summed E-state index contributed by atoms with van der Waals surface area (Å²) in [7, 11) is 0. The van der Waals surface area contributed by atoms with Gasteiger partial charge in [-0.1, -0.05) is 42.0 Å². The van der Waals surface area contributed by atoms with Gasteiger partial charge in [-0.3, -0.25) is 9.59 Å². The monoisotopic (exact) mass is 265 g/mol. The molecule has 0 aromatic heterocycles. The first-order valence-electron chi connectivity index (χ1n) is 6.65. The summed E-state index contributed by atoms with van der Waals surface area (Å²) in [5.41, 5.74) is 3.35. The third kappa shape index (κ3) is 2.23. The number of aryl methyl sites for hydroxylation is 1. The molecule has 0 saturated heterocycles. The largest absolute Gasteiger partial charge is 0.345 e. The summed E-state index contributed by atoms with van der Waals surface area (Å²) < 4.78 is 0. The Morgan fingerprint density at radius 3 is 2.75 bits per heavy atom. The Morgan fingerprint density at radius 1 is 1.15 bits per heavy atom. The summed E-state index contributed by atoms with van der Waals surface area (Å²) in [6, 6.07) is 14.7. The zero-order chi connectivity index (χ0) is 14.1. The van der Waals surface area contributed by atoms with Crippen LogP contribution in [0.5, 0.6) is 0 Å². The molecule has 1 atom stereocenters. The molecular formula is C17H15NO2. The molecule has 3 rings (SSSR count). The van der Waals surface area contributed by atoms with Crippen molar-refractivity contribution >= 4 is 11.7 Å². The molecule has 0 aliphatic carbocycles. The van der Waals surface area contributed by atoms with E-state index < -0.39 is 0 Å². The Hall–Kier alpha value is -2.42. The second kappa shape index (κ2) is 4.93. The quantitative estimate of drug-likeness (QED) is 0.867. The van der Waals surface area contributed by atoms with Crippen LogP contribution in [0.15, 0.2) is 48.5 Å². The zero-order valence-electron chi connectivity index (χ0n) is 11.2. The third-order valence-corrected chi connectivity index (χ3v) is 3.62. The molecule has 0 saturated carbocycles. The van der Waals surface area contributed by atoms with Crippen LogP contribution in [-0.2, 0) is 0 Å². The average molecular weight is 265 g/mol. The van der Waals surface area contributed by atoms with Gasteiger partial charge in [-0.2, -0.15) is 0 Å². The summed E-state index contributed by atoms with van der Waals surface area (Å²) in [6.45, 7) is 1.96. The lowest BCUT2D eigenvalue weighted by molar-refractivity contribution is 0.0933. The van der Waals surface area contributed by atoms with Gasteiger partial charge in [0, 0.05) is 17.5 Å². The zero-order valence-corrected chi connectivity index (χ0v) is 11.2. The Kier molecular flexibility index (Phi) is 3.11. The molecule has 2 aromatic carbocycles. The van der Waals surface area contributed by atoms with Gasteiger partial charge in [-0.15, -0.1) is 0 Å². The number of carbonyl (C=O) groups is 2. The van der Waals surface area contributed by atoms with E-state index in [0.717, 1.165) is 11.1 Å². The number of ketones is 1. The summed E-state index contributed by atoms with van der Waals surface area (Å²) in [5.74, 6) is -0.0432. The van der Waals surface area contributed by atoms with Crippen molar-refractivity contribution in [3.8, 4) is 0 Å². The van der Waals surface area contributed by atoms with Crippen molar-refractivity contribution in [2.24, 2.45) is 0 Å². The molecule has 3 nitrogen and oxygen atoms in total. The van der Waals surface area contributed by atoms with Crippen molar-refractivity contribution in [3.05, 3.63) is 70.8 Å². The van der Waals surface area contributed by atoms with Gasteiger partial charge in [0.25, 0.3) is 5.91 Å². The maximum atomic E-state index is 12.3. The molecular weight excluding hydrogens is 250 g/mol. The van der Waals surface area contributed by atoms with Gasteiger partial charge >= 0.3 is 0 Å². The molecule has 0 bridgehead atoms. The first kappa shape index (κ1) is 12.6. The molecule has 1 amide bonds. The second-order valence-electron chi connectivity index (χ2n) is 5.11. The van der Waals surface area contributed by atoms with Crippen LogP contribution in [0.2, 0.25) is 0 Å². The van der Waals surface area contributed by atoms with Crippen LogP contribution in [0.3, 0.4) is 0 Å². The van der Waals surface area contributed by atoms with E-state index in [0.29, 0.717) is 17.5 Å². The van der Waals surface area contributed by atoms with Crippen LogP contribution in [0, 0.1) is 6.92 Å². The highest BCUT2D eigenvalue weighted by Crippen LogP contribution is 2.28. The van der Waals surface area contributed by atoms with E-state index in [2.05, 4.69) is 5.32 Å². The van der Waals surface area contributed by atoms with Crippen molar-refractivity contribution in [1.29, 1.82) is 0 Å². The lowest BCUT2D eigenvalue weighted by Gasteiger charge is -2.11. The van der Waals surface area contributed by atoms with E-state index >= 15 is 0 Å². The van der Waals surface area contributed by atoms with Crippen LogP contribution in [0.4, 0.5) is 0 Å². The van der Waals surface area contributed by atoms with E-state index in [1.165, 1.54) is 0 Å². The first-order valence-corrected chi connectivity index (χ1v) is 6.65. The van der Waals surface area contributed by atoms with Gasteiger partial charge in [0.05, 0.1) is 6.04 Å². The Balaban J connectivity index is 1.83. The van der Waals surface area contributed by atoms with Gasteiger partial charge in [0.15, 0.2) is 5.78 Å². The minimum atomic E-state index is -0.216. The minimum Gasteiger partial charge on any atom is -0.345 e. The maximum absolute atomic E-state index is 12.3. The van der Waals surface area contributed by atoms with Crippen LogP contribution in [-0.4, -0.2) is 11.7 Å². The Labute approximate surface area is 117 Å². The number of amides is 1. The molecule has 0 unspecified atom stereocenters. The smallest absolute Gasteiger partial charge is 0.252 e. The number of Topliss-reactive ketones (excluding diaryl/α,β-unsaturated/α-hetero) is 1. The van der Waals surface area contributed by atoms with Crippen LogP contribution < -0.4 is 5.32 Å². The maximum Gasteiger partial charge on any atom is 0.252 e. The SMILES string of the molecule is Cc1cccc(C(=O)C[C@@H]2NC(=O)c3ccccc32)c1. The second-order valence-corrected chi connectivity index (χ2v) is 5.11. The van der Waals surface area contributed by atoms with Gasteiger partial charge in [0.2, 0.25) is 0 Å². The van der Waals surface area contributed by atoms with Crippen LogP contribution in [0.25, 0.3) is 0 Å². The number of rotatable bonds is 3. The summed E-state index contributed by atoms with van der Waals surface area (Å²) in [5, 5.41) is 2.87. The van der Waals surface area contributed by atoms with Crippen molar-refractivity contribution in [1.82, 2.24) is 5.32 Å². The minimum absolute atomic E-state index is 0.0516.